The maximum absolute atomic E-state index is 13.0. The lowest BCUT2D eigenvalue weighted by Crippen LogP contribution is -2.42. The van der Waals surface area contributed by atoms with Crippen molar-refractivity contribution < 1.29 is 17.2 Å². The van der Waals surface area contributed by atoms with Gasteiger partial charge in [0.05, 0.1) is 4.75 Å². The Bertz CT molecular complexity index is 883. The van der Waals surface area contributed by atoms with Gasteiger partial charge in [0.25, 0.3) is 0 Å². The second kappa shape index (κ2) is 8.16. The first-order chi connectivity index (χ1) is 13.1. The lowest BCUT2D eigenvalue weighted by molar-refractivity contribution is 0.333. The van der Waals surface area contributed by atoms with Crippen molar-refractivity contribution in [2.24, 2.45) is 5.92 Å². The third-order valence-corrected chi connectivity index (χ3v) is 7.22. The molecule has 0 unspecified atom stereocenters. The predicted octanol–water partition coefficient (Wildman–Crippen LogP) is 3.56. The molecule has 154 valence electrons. The molecule has 0 spiro atoms. The third kappa shape index (κ3) is 5.08. The molecule has 0 radical (unpaired) electrons. The van der Waals surface area contributed by atoms with Crippen LogP contribution < -0.4 is 10.0 Å². The highest BCUT2D eigenvalue weighted by atomic mass is 32.2. The lowest BCUT2D eigenvalue weighted by atomic mass is 9.86. The van der Waals surface area contributed by atoms with Gasteiger partial charge in [-0.05, 0) is 76.6 Å². The molecule has 0 saturated heterocycles. The van der Waals surface area contributed by atoms with Crippen LogP contribution in [-0.4, -0.2) is 35.9 Å². The molecule has 1 heterocycles. The van der Waals surface area contributed by atoms with Crippen LogP contribution in [0.15, 0.2) is 28.7 Å². The van der Waals surface area contributed by atoms with E-state index in [2.05, 4.69) is 20.2 Å². The maximum Gasteiger partial charge on any atom is 0.315 e. The third-order valence-electron chi connectivity index (χ3n) is 5.06. The van der Waals surface area contributed by atoms with Crippen LogP contribution >= 0.6 is 0 Å². The molecule has 1 saturated carbocycles. The van der Waals surface area contributed by atoms with Crippen LogP contribution in [0.2, 0.25) is 0 Å². The fourth-order valence-corrected chi connectivity index (χ4v) is 4.01. The smallest absolute Gasteiger partial charge is 0.315 e. The van der Waals surface area contributed by atoms with E-state index in [4.69, 9.17) is 4.42 Å². The molecule has 28 heavy (non-hydrogen) atoms. The molecule has 2 aromatic rings. The van der Waals surface area contributed by atoms with E-state index in [1.807, 2.05) is 0 Å². The predicted molar refractivity (Wildman–Crippen MR) is 106 cm³/mol. The molecule has 0 amide bonds. The van der Waals surface area contributed by atoms with E-state index in [1.165, 1.54) is 12.1 Å². The molecular formula is C19H27FN4O3S. The Morgan fingerprint density at radius 1 is 1.11 bits per heavy atom. The summed E-state index contributed by atoms with van der Waals surface area (Å²) in [6.07, 6.45) is 3.64. The number of benzene rings is 1. The summed E-state index contributed by atoms with van der Waals surface area (Å²) >= 11 is 0. The topological polar surface area (TPSA) is 97.1 Å². The Morgan fingerprint density at radius 2 is 1.75 bits per heavy atom. The number of aromatic nitrogens is 2. The fourth-order valence-electron chi connectivity index (χ4n) is 3.12. The van der Waals surface area contributed by atoms with Gasteiger partial charge in [0.15, 0.2) is 0 Å². The van der Waals surface area contributed by atoms with E-state index in [9.17, 15) is 12.8 Å². The van der Waals surface area contributed by atoms with Crippen LogP contribution in [0.1, 0.15) is 46.5 Å². The van der Waals surface area contributed by atoms with Gasteiger partial charge in [-0.15, -0.1) is 5.10 Å². The van der Waals surface area contributed by atoms with Crippen molar-refractivity contribution in [3.05, 3.63) is 30.1 Å². The van der Waals surface area contributed by atoms with Gasteiger partial charge in [-0.2, -0.15) is 0 Å². The van der Waals surface area contributed by atoms with E-state index in [-0.39, 0.29) is 11.9 Å². The highest BCUT2D eigenvalue weighted by Crippen LogP contribution is 2.27. The first-order valence-corrected chi connectivity index (χ1v) is 11.0. The zero-order valence-electron chi connectivity index (χ0n) is 16.4. The van der Waals surface area contributed by atoms with E-state index >= 15 is 0 Å². The lowest BCUT2D eigenvalue weighted by Gasteiger charge is -2.29. The number of hydrogen-bond donors (Lipinski definition) is 2. The largest absolute Gasteiger partial charge is 0.403 e. The number of nitrogens with zero attached hydrogens (tertiary/aromatic N) is 2. The van der Waals surface area contributed by atoms with Gasteiger partial charge in [-0.3, -0.25) is 0 Å². The molecular weight excluding hydrogens is 383 g/mol. The van der Waals surface area contributed by atoms with E-state index in [0.29, 0.717) is 29.9 Å². The van der Waals surface area contributed by atoms with Crippen molar-refractivity contribution >= 4 is 16.0 Å². The number of rotatable bonds is 6. The summed E-state index contributed by atoms with van der Waals surface area (Å²) in [7, 11) is -3.31. The highest BCUT2D eigenvalue weighted by Gasteiger charge is 2.30. The van der Waals surface area contributed by atoms with Crippen molar-refractivity contribution in [3.8, 4) is 11.5 Å². The molecule has 1 aromatic heterocycles. The Balaban J connectivity index is 1.48. The molecule has 7 nitrogen and oxygen atoms in total. The zero-order valence-corrected chi connectivity index (χ0v) is 17.2. The van der Waals surface area contributed by atoms with Crippen molar-refractivity contribution in [1.29, 1.82) is 0 Å². The normalized spacial score (nSPS) is 20.9. The van der Waals surface area contributed by atoms with Crippen LogP contribution in [-0.2, 0) is 10.0 Å². The number of halogens is 1. The van der Waals surface area contributed by atoms with Crippen molar-refractivity contribution in [2.45, 2.75) is 57.2 Å². The second-order valence-electron chi connectivity index (χ2n) is 8.25. The first-order valence-electron chi connectivity index (χ1n) is 9.49. The molecule has 9 heteroatoms. The number of hydrogen-bond acceptors (Lipinski definition) is 6. The summed E-state index contributed by atoms with van der Waals surface area (Å²) < 4.78 is 44.9. The zero-order chi connectivity index (χ0) is 20.4. The summed E-state index contributed by atoms with van der Waals surface area (Å²) in [5, 5.41) is 11.3. The molecule has 1 fully saturated rings. The van der Waals surface area contributed by atoms with Gasteiger partial charge in [-0.25, -0.2) is 17.5 Å². The fraction of sp³-hybridized carbons (Fsp3) is 0.579. The molecule has 1 aliphatic carbocycles. The Hall–Kier alpha value is -2.00. The van der Waals surface area contributed by atoms with E-state index in [0.717, 1.165) is 25.7 Å². The van der Waals surface area contributed by atoms with Crippen LogP contribution in [0, 0.1) is 11.7 Å². The maximum atomic E-state index is 13.0. The number of anilines is 1. The molecule has 1 aliphatic rings. The molecule has 0 bridgehead atoms. The van der Waals surface area contributed by atoms with Gasteiger partial charge in [0.1, 0.15) is 5.82 Å². The van der Waals surface area contributed by atoms with Crippen LogP contribution in [0.4, 0.5) is 10.4 Å². The van der Waals surface area contributed by atoms with Gasteiger partial charge in [0.2, 0.25) is 15.9 Å². The molecule has 0 aliphatic heterocycles. The second-order valence-corrected chi connectivity index (χ2v) is 10.8. The molecule has 0 atom stereocenters. The molecule has 2 N–H and O–H groups in total. The summed E-state index contributed by atoms with van der Waals surface area (Å²) in [5.41, 5.74) is 0.664. The average Bonchev–Trinajstić information content (AvgIpc) is 3.09. The van der Waals surface area contributed by atoms with Crippen molar-refractivity contribution in [1.82, 2.24) is 14.9 Å². The summed E-state index contributed by atoms with van der Waals surface area (Å²) in [6.45, 7) is 5.56. The van der Waals surface area contributed by atoms with Crippen LogP contribution in [0.25, 0.3) is 11.5 Å². The number of nitrogens with one attached hydrogen (secondary N) is 2. The minimum absolute atomic E-state index is 0.206. The van der Waals surface area contributed by atoms with E-state index < -0.39 is 14.8 Å². The quantitative estimate of drug-likeness (QED) is 0.756. The van der Waals surface area contributed by atoms with Crippen molar-refractivity contribution in [2.75, 3.05) is 11.9 Å². The first kappa shape index (κ1) is 20.7. The van der Waals surface area contributed by atoms with Gasteiger partial charge in [-0.1, -0.05) is 5.10 Å². The summed E-state index contributed by atoms with van der Waals surface area (Å²) in [5.74, 6) is 0.351. The SMILES string of the molecule is CC(C)(C)S(=O)(=O)NCC1CCC(Nc2nnc(-c3ccc(F)cc3)o2)CC1. The van der Waals surface area contributed by atoms with Crippen LogP contribution in [0.3, 0.4) is 0 Å². The Labute approximate surface area is 165 Å². The minimum Gasteiger partial charge on any atom is -0.403 e. The van der Waals surface area contributed by atoms with Crippen LogP contribution in [0.5, 0.6) is 0 Å². The average molecular weight is 411 g/mol. The molecule has 3 rings (SSSR count). The Kier molecular flexibility index (Phi) is 6.04. The Morgan fingerprint density at radius 3 is 2.36 bits per heavy atom. The summed E-state index contributed by atoms with van der Waals surface area (Å²) in [6, 6.07) is 6.43. The highest BCUT2D eigenvalue weighted by molar-refractivity contribution is 7.90. The van der Waals surface area contributed by atoms with Crippen molar-refractivity contribution in [3.63, 3.8) is 0 Å². The van der Waals surface area contributed by atoms with Gasteiger partial charge < -0.3 is 9.73 Å². The summed E-state index contributed by atoms with van der Waals surface area (Å²) in [4.78, 5) is 0. The monoisotopic (exact) mass is 410 g/mol. The standard InChI is InChI=1S/C19H27FN4O3S/c1-19(2,3)28(25,26)21-12-13-4-10-16(11-5-13)22-18-24-23-17(27-18)14-6-8-15(20)9-7-14/h6-9,13,16,21H,4-5,10-12H2,1-3H3,(H,22,24). The number of sulfonamides is 1. The molecule has 1 aromatic carbocycles. The van der Waals surface area contributed by atoms with Gasteiger partial charge >= 0.3 is 6.01 Å². The van der Waals surface area contributed by atoms with Gasteiger partial charge in [0, 0.05) is 18.2 Å². The minimum atomic E-state index is -3.31. The van der Waals surface area contributed by atoms with E-state index in [1.54, 1.807) is 32.9 Å².